The molecule has 1 N–H and O–H groups in total. The van der Waals surface area contributed by atoms with E-state index in [4.69, 9.17) is 0 Å². The predicted octanol–water partition coefficient (Wildman–Crippen LogP) is 2.20. The molecule has 0 saturated carbocycles. The van der Waals surface area contributed by atoms with Gasteiger partial charge in [0.15, 0.2) is 0 Å². The van der Waals surface area contributed by atoms with Gasteiger partial charge in [-0.1, -0.05) is 18.2 Å². The van der Waals surface area contributed by atoms with Crippen LogP contribution >= 0.6 is 0 Å². The van der Waals surface area contributed by atoms with Crippen LogP contribution in [0, 0.1) is 13.8 Å². The van der Waals surface area contributed by atoms with Gasteiger partial charge < -0.3 is 14.9 Å². The second-order valence-electron chi connectivity index (χ2n) is 5.72. The number of aryl methyl sites for hydroxylation is 2. The van der Waals surface area contributed by atoms with Gasteiger partial charge in [-0.05, 0) is 51.4 Å². The Kier molecular flexibility index (Phi) is 4.83. The highest BCUT2D eigenvalue weighted by Gasteiger charge is 2.25. The van der Waals surface area contributed by atoms with Crippen LogP contribution in [0.15, 0.2) is 18.2 Å². The number of hydrogen-bond acceptors (Lipinski definition) is 3. The first-order valence-electron chi connectivity index (χ1n) is 7.25. The van der Waals surface area contributed by atoms with E-state index in [1.807, 2.05) is 0 Å². The fourth-order valence-corrected chi connectivity index (χ4v) is 3.19. The number of likely N-dealkylation sites (N-methyl/N-ethyl adjacent to an activating group) is 1. The van der Waals surface area contributed by atoms with Crippen molar-refractivity contribution < 1.29 is 5.11 Å². The first-order valence-corrected chi connectivity index (χ1v) is 7.25. The summed E-state index contributed by atoms with van der Waals surface area (Å²) < 4.78 is 0. The Bertz CT molecular complexity index is 399. The molecule has 106 valence electrons. The molecule has 0 aliphatic carbocycles. The van der Waals surface area contributed by atoms with Gasteiger partial charge in [-0.3, -0.25) is 0 Å². The molecule has 3 heteroatoms. The molecule has 3 nitrogen and oxygen atoms in total. The van der Waals surface area contributed by atoms with Crippen LogP contribution in [0.5, 0.6) is 0 Å². The average Bonchev–Trinajstić information content (AvgIpc) is 2.52. The van der Waals surface area contributed by atoms with E-state index in [0.717, 1.165) is 26.1 Å². The van der Waals surface area contributed by atoms with Crippen LogP contribution in [0.4, 0.5) is 5.69 Å². The number of benzene rings is 1. The molecule has 0 bridgehead atoms. The lowest BCUT2D eigenvalue weighted by molar-refractivity contribution is 0.253. The highest BCUT2D eigenvalue weighted by atomic mass is 16.3. The second-order valence-corrected chi connectivity index (χ2v) is 5.72. The third kappa shape index (κ3) is 3.28. The lowest BCUT2D eigenvalue weighted by Gasteiger charge is -2.35. The van der Waals surface area contributed by atoms with Crippen LogP contribution in [-0.4, -0.2) is 49.3 Å². The summed E-state index contributed by atoms with van der Waals surface area (Å²) in [5.74, 6) is 0. The molecule has 2 rings (SSSR count). The fourth-order valence-electron chi connectivity index (χ4n) is 3.19. The summed E-state index contributed by atoms with van der Waals surface area (Å²) in [7, 11) is 2.18. The van der Waals surface area contributed by atoms with Gasteiger partial charge in [-0.15, -0.1) is 0 Å². The van der Waals surface area contributed by atoms with E-state index in [1.54, 1.807) is 0 Å². The van der Waals surface area contributed by atoms with Crippen molar-refractivity contribution in [1.29, 1.82) is 0 Å². The van der Waals surface area contributed by atoms with Crippen molar-refractivity contribution in [3.8, 4) is 0 Å². The van der Waals surface area contributed by atoms with Crippen LogP contribution in [0.3, 0.4) is 0 Å². The average molecular weight is 262 g/mol. The van der Waals surface area contributed by atoms with Crippen LogP contribution in [-0.2, 0) is 0 Å². The smallest absolute Gasteiger partial charge is 0.0451 e. The Hall–Kier alpha value is -1.06. The Morgan fingerprint density at radius 1 is 1.21 bits per heavy atom. The minimum absolute atomic E-state index is 0.264. The minimum atomic E-state index is 0.264. The molecular weight excluding hydrogens is 236 g/mol. The molecule has 1 aromatic rings. The van der Waals surface area contributed by atoms with Crippen molar-refractivity contribution in [3.05, 3.63) is 29.3 Å². The van der Waals surface area contributed by atoms with E-state index < -0.39 is 0 Å². The quantitative estimate of drug-likeness (QED) is 0.904. The molecule has 1 saturated heterocycles. The lowest BCUT2D eigenvalue weighted by atomic mass is 10.0. The molecule has 1 aliphatic rings. The number of aliphatic hydroxyl groups excluding tert-OH is 1. The topological polar surface area (TPSA) is 26.7 Å². The van der Waals surface area contributed by atoms with Gasteiger partial charge in [-0.25, -0.2) is 0 Å². The predicted molar refractivity (Wildman–Crippen MR) is 80.9 cm³/mol. The third-order valence-corrected chi connectivity index (χ3v) is 4.09. The maximum absolute atomic E-state index is 9.35. The number of rotatable bonds is 3. The second kappa shape index (κ2) is 6.40. The number of anilines is 1. The highest BCUT2D eigenvalue weighted by Crippen LogP contribution is 2.28. The summed E-state index contributed by atoms with van der Waals surface area (Å²) in [6.45, 7) is 7.90. The van der Waals surface area contributed by atoms with Gasteiger partial charge in [-0.2, -0.15) is 0 Å². The summed E-state index contributed by atoms with van der Waals surface area (Å²) in [4.78, 5) is 4.90. The lowest BCUT2D eigenvalue weighted by Crippen LogP contribution is -2.41. The van der Waals surface area contributed by atoms with Crippen LogP contribution < -0.4 is 4.90 Å². The van der Waals surface area contributed by atoms with Crippen LogP contribution in [0.2, 0.25) is 0 Å². The molecule has 1 fully saturated rings. The molecule has 19 heavy (non-hydrogen) atoms. The van der Waals surface area contributed by atoms with Gasteiger partial charge in [0.05, 0.1) is 0 Å². The number of aliphatic hydroxyl groups is 1. The molecule has 1 aliphatic heterocycles. The van der Waals surface area contributed by atoms with Gasteiger partial charge in [0, 0.05) is 31.4 Å². The maximum atomic E-state index is 9.35. The van der Waals surface area contributed by atoms with Crippen molar-refractivity contribution >= 4 is 5.69 Å². The highest BCUT2D eigenvalue weighted by molar-refractivity contribution is 5.59. The van der Waals surface area contributed by atoms with E-state index in [2.05, 4.69) is 48.9 Å². The van der Waals surface area contributed by atoms with E-state index in [9.17, 15) is 5.11 Å². The SMILES string of the molecule is Cc1cccc(C)c1N1CCCN(C)CC1CCO. The minimum Gasteiger partial charge on any atom is -0.396 e. The largest absolute Gasteiger partial charge is 0.396 e. The van der Waals surface area contributed by atoms with Crippen LogP contribution in [0.25, 0.3) is 0 Å². The van der Waals surface area contributed by atoms with E-state index in [1.165, 1.54) is 23.2 Å². The van der Waals surface area contributed by atoms with E-state index in [0.29, 0.717) is 6.04 Å². The summed E-state index contributed by atoms with van der Waals surface area (Å²) >= 11 is 0. The number of hydrogen-bond donors (Lipinski definition) is 1. The third-order valence-electron chi connectivity index (χ3n) is 4.09. The zero-order valence-corrected chi connectivity index (χ0v) is 12.4. The molecule has 1 aromatic carbocycles. The van der Waals surface area contributed by atoms with Gasteiger partial charge in [0.1, 0.15) is 0 Å². The number of para-hydroxylation sites is 1. The van der Waals surface area contributed by atoms with Crippen molar-refractivity contribution in [1.82, 2.24) is 4.90 Å². The van der Waals surface area contributed by atoms with E-state index in [-0.39, 0.29) is 6.61 Å². The van der Waals surface area contributed by atoms with Crippen molar-refractivity contribution in [2.45, 2.75) is 32.7 Å². The van der Waals surface area contributed by atoms with Gasteiger partial charge in [0.2, 0.25) is 0 Å². The molecule has 1 unspecified atom stereocenters. The summed E-state index contributed by atoms with van der Waals surface area (Å²) in [5, 5.41) is 9.35. The zero-order valence-electron chi connectivity index (χ0n) is 12.4. The standard InChI is InChI=1S/C16H26N2O/c1-13-6-4-7-14(2)16(13)18-10-5-9-17(3)12-15(18)8-11-19/h4,6-7,15,19H,5,8-12H2,1-3H3. The maximum Gasteiger partial charge on any atom is 0.0451 e. The molecule has 0 radical (unpaired) electrons. The van der Waals surface area contributed by atoms with Crippen LogP contribution in [0.1, 0.15) is 24.0 Å². The Morgan fingerprint density at radius 3 is 2.53 bits per heavy atom. The van der Waals surface area contributed by atoms with Crippen molar-refractivity contribution in [3.63, 3.8) is 0 Å². The first kappa shape index (κ1) is 14.4. The molecule has 0 aromatic heterocycles. The van der Waals surface area contributed by atoms with Gasteiger partial charge in [0.25, 0.3) is 0 Å². The Morgan fingerprint density at radius 2 is 1.89 bits per heavy atom. The summed E-state index contributed by atoms with van der Waals surface area (Å²) in [6, 6.07) is 6.91. The molecule has 0 amide bonds. The number of nitrogens with zero attached hydrogens (tertiary/aromatic N) is 2. The molecule has 0 spiro atoms. The molecular formula is C16H26N2O. The summed E-state index contributed by atoms with van der Waals surface area (Å²) in [6.07, 6.45) is 2.03. The fraction of sp³-hybridized carbons (Fsp3) is 0.625. The van der Waals surface area contributed by atoms with Gasteiger partial charge >= 0.3 is 0 Å². The molecule has 1 atom stereocenters. The molecule has 1 heterocycles. The normalized spacial score (nSPS) is 21.5. The summed E-state index contributed by atoms with van der Waals surface area (Å²) in [5.41, 5.74) is 4.05. The van der Waals surface area contributed by atoms with Crippen molar-refractivity contribution in [2.75, 3.05) is 38.2 Å². The van der Waals surface area contributed by atoms with Crippen molar-refractivity contribution in [2.24, 2.45) is 0 Å². The Balaban J connectivity index is 2.33. The zero-order chi connectivity index (χ0) is 13.8. The monoisotopic (exact) mass is 262 g/mol. The first-order chi connectivity index (χ1) is 9.13. The Labute approximate surface area is 116 Å². The van der Waals surface area contributed by atoms with E-state index >= 15 is 0 Å².